The van der Waals surface area contributed by atoms with E-state index in [1.165, 1.54) is 30.3 Å². The fourth-order valence-electron chi connectivity index (χ4n) is 2.78. The van der Waals surface area contributed by atoms with Crippen LogP contribution in [0.3, 0.4) is 0 Å². The molecular weight excluding hydrogens is 445 g/mol. The van der Waals surface area contributed by atoms with E-state index in [0.29, 0.717) is 11.3 Å². The van der Waals surface area contributed by atoms with Crippen LogP contribution in [0, 0.1) is 6.92 Å². The molecule has 0 radical (unpaired) electrons. The van der Waals surface area contributed by atoms with Crippen LogP contribution in [0.4, 0.5) is 24.5 Å². The third-order valence-electron chi connectivity index (χ3n) is 4.32. The number of hydrogen-bond acceptors (Lipinski definition) is 4. The lowest BCUT2D eigenvalue weighted by molar-refractivity contribution is -0.137. The summed E-state index contributed by atoms with van der Waals surface area (Å²) >= 11 is 0. The first-order chi connectivity index (χ1) is 15.0. The van der Waals surface area contributed by atoms with Crippen molar-refractivity contribution in [2.45, 2.75) is 18.0 Å². The summed E-state index contributed by atoms with van der Waals surface area (Å²) in [6.07, 6.45) is -4.52. The quantitative estimate of drug-likeness (QED) is 0.525. The molecule has 6 nitrogen and oxygen atoms in total. The van der Waals surface area contributed by atoms with Gasteiger partial charge >= 0.3 is 6.18 Å². The number of aryl methyl sites for hydroxylation is 1. The highest BCUT2D eigenvalue weighted by atomic mass is 32.2. The molecule has 0 unspecified atom stereocenters. The number of ether oxygens (including phenoxy) is 1. The van der Waals surface area contributed by atoms with Crippen molar-refractivity contribution in [3.05, 3.63) is 83.9 Å². The van der Waals surface area contributed by atoms with E-state index < -0.39 is 34.3 Å². The van der Waals surface area contributed by atoms with E-state index >= 15 is 0 Å². The van der Waals surface area contributed by atoms with Gasteiger partial charge in [0.25, 0.3) is 15.9 Å². The summed E-state index contributed by atoms with van der Waals surface area (Å²) in [6, 6.07) is 16.8. The van der Waals surface area contributed by atoms with E-state index in [-0.39, 0.29) is 16.3 Å². The third-order valence-corrected chi connectivity index (χ3v) is 5.69. The van der Waals surface area contributed by atoms with Crippen LogP contribution < -0.4 is 14.8 Å². The zero-order chi connectivity index (χ0) is 23.4. The number of carbonyl (C=O) groups excluding carboxylic acids is 1. The minimum atomic E-state index is -4.52. The lowest BCUT2D eigenvalue weighted by atomic mass is 10.2. The number of carbonyl (C=O) groups is 1. The molecule has 0 aliphatic rings. The van der Waals surface area contributed by atoms with Crippen LogP contribution in [-0.4, -0.2) is 20.9 Å². The number of hydrogen-bond donors (Lipinski definition) is 2. The molecule has 0 saturated carbocycles. The summed E-state index contributed by atoms with van der Waals surface area (Å²) in [5.74, 6) is -0.394. The third kappa shape index (κ3) is 6.01. The first-order valence-corrected chi connectivity index (χ1v) is 10.8. The second-order valence-corrected chi connectivity index (χ2v) is 8.50. The average molecular weight is 464 g/mol. The van der Waals surface area contributed by atoms with Gasteiger partial charge in [-0.1, -0.05) is 24.3 Å². The maximum Gasteiger partial charge on any atom is 0.416 e. The van der Waals surface area contributed by atoms with Gasteiger partial charge in [0.15, 0.2) is 6.61 Å². The molecule has 32 heavy (non-hydrogen) atoms. The SMILES string of the molecule is Cc1cc(S(=O)(=O)Nc2ccccc2)ccc1OCC(=O)Nc1cccc(C(F)(F)F)c1. The summed E-state index contributed by atoms with van der Waals surface area (Å²) in [6.45, 7) is 1.15. The summed E-state index contributed by atoms with van der Waals surface area (Å²) in [5, 5.41) is 2.34. The van der Waals surface area contributed by atoms with Gasteiger partial charge in [-0.15, -0.1) is 0 Å². The number of rotatable bonds is 7. The number of anilines is 2. The molecule has 10 heteroatoms. The van der Waals surface area contributed by atoms with Gasteiger partial charge in [-0.2, -0.15) is 13.2 Å². The van der Waals surface area contributed by atoms with E-state index in [1.54, 1.807) is 37.3 Å². The number of halogens is 3. The molecule has 0 aromatic heterocycles. The van der Waals surface area contributed by atoms with Crippen LogP contribution in [0.2, 0.25) is 0 Å². The average Bonchev–Trinajstić information content (AvgIpc) is 2.73. The van der Waals surface area contributed by atoms with Gasteiger partial charge in [0.1, 0.15) is 5.75 Å². The summed E-state index contributed by atoms with van der Waals surface area (Å²) in [7, 11) is -3.82. The van der Waals surface area contributed by atoms with Crippen molar-refractivity contribution >= 4 is 27.3 Å². The van der Waals surface area contributed by atoms with Crippen LogP contribution in [0.15, 0.2) is 77.7 Å². The Kier molecular flexibility index (Phi) is 6.73. The van der Waals surface area contributed by atoms with Crippen molar-refractivity contribution < 1.29 is 31.1 Å². The number of sulfonamides is 1. The fraction of sp³-hybridized carbons (Fsp3) is 0.136. The van der Waals surface area contributed by atoms with E-state index in [0.717, 1.165) is 12.1 Å². The topological polar surface area (TPSA) is 84.5 Å². The Balaban J connectivity index is 1.63. The zero-order valence-electron chi connectivity index (χ0n) is 16.8. The van der Waals surface area contributed by atoms with Gasteiger partial charge in [-0.05, 0) is 61.0 Å². The van der Waals surface area contributed by atoms with Crippen LogP contribution in [0.5, 0.6) is 5.75 Å². The molecule has 0 saturated heterocycles. The van der Waals surface area contributed by atoms with Crippen molar-refractivity contribution in [2.24, 2.45) is 0 Å². The summed E-state index contributed by atoms with van der Waals surface area (Å²) in [5.41, 5.74) is -0.0175. The Morgan fingerprint density at radius 3 is 2.28 bits per heavy atom. The highest BCUT2D eigenvalue weighted by Gasteiger charge is 2.30. The lowest BCUT2D eigenvalue weighted by Gasteiger charge is -2.13. The van der Waals surface area contributed by atoms with Crippen LogP contribution in [0.1, 0.15) is 11.1 Å². The Labute approximate surface area is 183 Å². The molecule has 3 aromatic rings. The standard InChI is InChI=1S/C22H19F3N2O4S/c1-15-12-19(32(29,30)27-17-7-3-2-4-8-17)10-11-20(15)31-14-21(28)26-18-9-5-6-16(13-18)22(23,24)25/h2-13,27H,14H2,1H3,(H,26,28). The Hall–Kier alpha value is -3.53. The minimum Gasteiger partial charge on any atom is -0.483 e. The van der Waals surface area contributed by atoms with E-state index in [4.69, 9.17) is 4.74 Å². The van der Waals surface area contributed by atoms with Crippen molar-refractivity contribution in [1.29, 1.82) is 0 Å². The van der Waals surface area contributed by atoms with Gasteiger partial charge in [-0.3, -0.25) is 9.52 Å². The number of alkyl halides is 3. The maximum absolute atomic E-state index is 12.8. The molecule has 3 aromatic carbocycles. The Morgan fingerprint density at radius 2 is 1.62 bits per heavy atom. The fourth-order valence-corrected chi connectivity index (χ4v) is 3.93. The molecule has 0 spiro atoms. The molecule has 3 rings (SSSR count). The molecule has 168 valence electrons. The number of para-hydroxylation sites is 1. The normalized spacial score (nSPS) is 11.6. The van der Waals surface area contributed by atoms with Gasteiger partial charge < -0.3 is 10.1 Å². The van der Waals surface area contributed by atoms with Gasteiger partial charge in [0.05, 0.1) is 10.5 Å². The smallest absolute Gasteiger partial charge is 0.416 e. The molecular formula is C22H19F3N2O4S. The van der Waals surface area contributed by atoms with Crippen LogP contribution in [0.25, 0.3) is 0 Å². The lowest BCUT2D eigenvalue weighted by Crippen LogP contribution is -2.21. The van der Waals surface area contributed by atoms with E-state index in [2.05, 4.69) is 10.0 Å². The van der Waals surface area contributed by atoms with Crippen LogP contribution >= 0.6 is 0 Å². The first kappa shape index (κ1) is 23.1. The van der Waals surface area contributed by atoms with Gasteiger partial charge in [-0.25, -0.2) is 8.42 Å². The van der Waals surface area contributed by atoms with E-state index in [9.17, 15) is 26.4 Å². The van der Waals surface area contributed by atoms with Crippen molar-refractivity contribution in [1.82, 2.24) is 0 Å². The molecule has 1 amide bonds. The molecule has 0 atom stereocenters. The molecule has 0 fully saturated rings. The van der Waals surface area contributed by atoms with Crippen LogP contribution in [-0.2, 0) is 21.0 Å². The summed E-state index contributed by atoms with van der Waals surface area (Å²) < 4.78 is 71.3. The Bertz CT molecular complexity index is 1210. The minimum absolute atomic E-state index is 0.0135. The molecule has 0 heterocycles. The van der Waals surface area contributed by atoms with Gasteiger partial charge in [0, 0.05) is 11.4 Å². The van der Waals surface area contributed by atoms with Crippen molar-refractivity contribution in [3.8, 4) is 5.75 Å². The molecule has 0 aliphatic carbocycles. The maximum atomic E-state index is 12.8. The zero-order valence-corrected chi connectivity index (χ0v) is 17.6. The first-order valence-electron chi connectivity index (χ1n) is 9.33. The monoisotopic (exact) mass is 464 g/mol. The second-order valence-electron chi connectivity index (χ2n) is 6.81. The highest BCUT2D eigenvalue weighted by molar-refractivity contribution is 7.92. The van der Waals surface area contributed by atoms with Gasteiger partial charge in [0.2, 0.25) is 0 Å². The highest BCUT2D eigenvalue weighted by Crippen LogP contribution is 2.30. The number of benzene rings is 3. The largest absolute Gasteiger partial charge is 0.483 e. The molecule has 2 N–H and O–H groups in total. The van der Waals surface area contributed by atoms with Crippen molar-refractivity contribution in [3.63, 3.8) is 0 Å². The predicted molar refractivity (Wildman–Crippen MR) is 114 cm³/mol. The Morgan fingerprint density at radius 1 is 0.938 bits per heavy atom. The second kappa shape index (κ2) is 9.31. The number of amides is 1. The predicted octanol–water partition coefficient (Wildman–Crippen LogP) is 4.83. The van der Waals surface area contributed by atoms with E-state index in [1.807, 2.05) is 0 Å². The molecule has 0 aliphatic heterocycles. The number of nitrogens with one attached hydrogen (secondary N) is 2. The van der Waals surface area contributed by atoms with Crippen molar-refractivity contribution in [2.75, 3.05) is 16.6 Å². The molecule has 0 bridgehead atoms. The summed E-state index contributed by atoms with van der Waals surface area (Å²) in [4.78, 5) is 12.1.